The molecule has 1 aromatic carbocycles. The molecular weight excluding hydrogens is 293 g/mol. The van der Waals surface area contributed by atoms with Crippen LogP contribution in [-0.2, 0) is 11.3 Å². The summed E-state index contributed by atoms with van der Waals surface area (Å²) >= 11 is 0. The van der Waals surface area contributed by atoms with Crippen LogP contribution in [0.3, 0.4) is 0 Å². The Hall–Kier alpha value is -1.72. The van der Waals surface area contributed by atoms with E-state index >= 15 is 0 Å². The van der Waals surface area contributed by atoms with Gasteiger partial charge in [-0.2, -0.15) is 5.10 Å². The van der Waals surface area contributed by atoms with Crippen LogP contribution in [0.2, 0.25) is 0 Å². The van der Waals surface area contributed by atoms with Gasteiger partial charge in [-0.15, -0.1) is 0 Å². The van der Waals surface area contributed by atoms with Crippen LogP contribution in [0.1, 0.15) is 32.3 Å². The molecule has 1 saturated heterocycles. The minimum Gasteiger partial charge on any atom is -0.375 e. The van der Waals surface area contributed by atoms with Crippen molar-refractivity contribution in [3.8, 4) is 5.69 Å². The molecule has 1 aliphatic heterocycles. The van der Waals surface area contributed by atoms with Crippen molar-refractivity contribution in [3.63, 3.8) is 0 Å². The number of aromatic nitrogens is 2. The molecule has 0 spiro atoms. The Morgan fingerprint density at radius 3 is 3.00 bits per heavy atom. The Labute approximate surface area is 136 Å². The topological polar surface area (TPSA) is 30.3 Å². The van der Waals surface area contributed by atoms with E-state index in [-0.39, 0.29) is 11.4 Å². The van der Waals surface area contributed by atoms with Crippen molar-refractivity contribution in [2.45, 2.75) is 44.9 Å². The summed E-state index contributed by atoms with van der Waals surface area (Å²) in [6.45, 7) is 5.94. The van der Waals surface area contributed by atoms with Crippen LogP contribution in [0, 0.1) is 5.82 Å². The standard InChI is InChI=1S/C18H24FN3O/c1-18(2)10-17(7-8-23-18)21(3)12-14-11-20-22(13-14)16-6-4-5-15(19)9-16/h4-6,9,11,13,17H,7-8,10,12H2,1-3H3/t17-/m1/s1. The summed E-state index contributed by atoms with van der Waals surface area (Å²) in [5.41, 5.74) is 1.82. The maximum absolute atomic E-state index is 13.3. The molecule has 1 aromatic heterocycles. The van der Waals surface area contributed by atoms with Crippen molar-refractivity contribution in [1.29, 1.82) is 0 Å². The lowest BCUT2D eigenvalue weighted by atomic mass is 9.93. The second-order valence-electron chi connectivity index (χ2n) is 6.94. The fourth-order valence-corrected chi connectivity index (χ4v) is 3.19. The Bertz CT molecular complexity index is 668. The van der Waals surface area contributed by atoms with Gasteiger partial charge < -0.3 is 4.74 Å². The summed E-state index contributed by atoms with van der Waals surface area (Å²) in [5, 5.41) is 4.35. The number of ether oxygens (including phenoxy) is 1. The third-order valence-corrected chi connectivity index (χ3v) is 4.44. The molecule has 0 saturated carbocycles. The zero-order chi connectivity index (χ0) is 16.4. The lowest BCUT2D eigenvalue weighted by molar-refractivity contribution is -0.0809. The van der Waals surface area contributed by atoms with Crippen molar-refractivity contribution < 1.29 is 9.13 Å². The molecule has 0 radical (unpaired) electrons. The number of nitrogens with zero attached hydrogens (tertiary/aromatic N) is 3. The van der Waals surface area contributed by atoms with E-state index in [2.05, 4.69) is 30.9 Å². The third kappa shape index (κ3) is 3.98. The van der Waals surface area contributed by atoms with E-state index in [0.29, 0.717) is 6.04 Å². The highest BCUT2D eigenvalue weighted by molar-refractivity contribution is 5.31. The van der Waals surface area contributed by atoms with Crippen molar-refractivity contribution >= 4 is 0 Å². The third-order valence-electron chi connectivity index (χ3n) is 4.44. The van der Waals surface area contributed by atoms with E-state index in [1.165, 1.54) is 12.1 Å². The molecular formula is C18H24FN3O. The van der Waals surface area contributed by atoms with E-state index in [0.717, 1.165) is 37.2 Å². The summed E-state index contributed by atoms with van der Waals surface area (Å²) < 4.78 is 20.8. The number of halogens is 1. The molecule has 1 fully saturated rings. The van der Waals surface area contributed by atoms with E-state index in [4.69, 9.17) is 4.74 Å². The Morgan fingerprint density at radius 2 is 2.26 bits per heavy atom. The van der Waals surface area contributed by atoms with Crippen LogP contribution in [0.5, 0.6) is 0 Å². The van der Waals surface area contributed by atoms with Crippen LogP contribution in [0.4, 0.5) is 4.39 Å². The lowest BCUT2D eigenvalue weighted by Gasteiger charge is -2.39. The van der Waals surface area contributed by atoms with Gasteiger partial charge in [-0.25, -0.2) is 9.07 Å². The maximum atomic E-state index is 13.3. The highest BCUT2D eigenvalue weighted by Gasteiger charge is 2.30. The van der Waals surface area contributed by atoms with Crippen molar-refractivity contribution in [3.05, 3.63) is 48.0 Å². The lowest BCUT2D eigenvalue weighted by Crippen LogP contribution is -2.44. The normalized spacial score (nSPS) is 20.8. The maximum Gasteiger partial charge on any atom is 0.125 e. The SMILES string of the molecule is CN(Cc1cnn(-c2cccc(F)c2)c1)[C@@H]1CCOC(C)(C)C1. The largest absolute Gasteiger partial charge is 0.375 e. The number of benzene rings is 1. The van der Waals surface area contributed by atoms with Gasteiger partial charge in [0.15, 0.2) is 0 Å². The molecule has 0 N–H and O–H groups in total. The molecule has 0 amide bonds. The summed E-state index contributed by atoms with van der Waals surface area (Å²) in [6, 6.07) is 6.99. The van der Waals surface area contributed by atoms with Gasteiger partial charge in [0.1, 0.15) is 5.82 Å². The highest BCUT2D eigenvalue weighted by Crippen LogP contribution is 2.27. The summed E-state index contributed by atoms with van der Waals surface area (Å²) in [5.74, 6) is -0.249. The van der Waals surface area contributed by atoms with Crippen LogP contribution in [0.15, 0.2) is 36.7 Å². The van der Waals surface area contributed by atoms with Gasteiger partial charge >= 0.3 is 0 Å². The van der Waals surface area contributed by atoms with E-state index < -0.39 is 0 Å². The monoisotopic (exact) mass is 317 g/mol. The average molecular weight is 317 g/mol. The van der Waals surface area contributed by atoms with E-state index in [9.17, 15) is 4.39 Å². The van der Waals surface area contributed by atoms with Crippen molar-refractivity contribution in [1.82, 2.24) is 14.7 Å². The van der Waals surface area contributed by atoms with Gasteiger partial charge in [-0.3, -0.25) is 4.90 Å². The molecule has 124 valence electrons. The Balaban J connectivity index is 1.67. The van der Waals surface area contributed by atoms with Gasteiger partial charge in [0, 0.05) is 31.0 Å². The molecule has 0 aliphatic carbocycles. The minimum atomic E-state index is -0.249. The smallest absolute Gasteiger partial charge is 0.125 e. The molecule has 2 aromatic rings. The molecule has 23 heavy (non-hydrogen) atoms. The van der Waals surface area contributed by atoms with Crippen molar-refractivity contribution in [2.24, 2.45) is 0 Å². The molecule has 4 nitrogen and oxygen atoms in total. The molecule has 0 bridgehead atoms. The molecule has 5 heteroatoms. The average Bonchev–Trinajstić information content (AvgIpc) is 2.95. The summed E-state index contributed by atoms with van der Waals surface area (Å²) in [7, 11) is 2.14. The van der Waals surface area contributed by atoms with Gasteiger partial charge in [0.25, 0.3) is 0 Å². The minimum absolute atomic E-state index is 0.0527. The second-order valence-corrected chi connectivity index (χ2v) is 6.94. The first-order valence-corrected chi connectivity index (χ1v) is 8.07. The molecule has 1 atom stereocenters. The summed E-state index contributed by atoms with van der Waals surface area (Å²) in [6.07, 6.45) is 5.90. The molecule has 3 rings (SSSR count). The number of hydrogen-bond donors (Lipinski definition) is 0. The van der Waals surface area contributed by atoms with Crippen LogP contribution >= 0.6 is 0 Å². The molecule has 1 aliphatic rings. The van der Waals surface area contributed by atoms with Crippen LogP contribution in [-0.4, -0.2) is 40.0 Å². The van der Waals surface area contributed by atoms with Crippen molar-refractivity contribution in [2.75, 3.05) is 13.7 Å². The zero-order valence-corrected chi connectivity index (χ0v) is 14.0. The number of rotatable bonds is 4. The first-order chi connectivity index (χ1) is 10.9. The fourth-order valence-electron chi connectivity index (χ4n) is 3.19. The van der Waals surface area contributed by atoms with Crippen LogP contribution < -0.4 is 0 Å². The van der Waals surface area contributed by atoms with Gasteiger partial charge in [-0.1, -0.05) is 6.07 Å². The second kappa shape index (κ2) is 6.42. The predicted octanol–water partition coefficient (Wildman–Crippen LogP) is 3.40. The van der Waals surface area contributed by atoms with Gasteiger partial charge in [-0.05, 0) is 51.9 Å². The van der Waals surface area contributed by atoms with Crippen LogP contribution in [0.25, 0.3) is 5.69 Å². The van der Waals surface area contributed by atoms with E-state index in [1.807, 2.05) is 18.5 Å². The fraction of sp³-hybridized carbons (Fsp3) is 0.500. The zero-order valence-electron chi connectivity index (χ0n) is 14.0. The van der Waals surface area contributed by atoms with Gasteiger partial charge in [0.2, 0.25) is 0 Å². The first-order valence-electron chi connectivity index (χ1n) is 8.07. The highest BCUT2D eigenvalue weighted by atomic mass is 19.1. The van der Waals surface area contributed by atoms with E-state index in [1.54, 1.807) is 10.7 Å². The number of hydrogen-bond acceptors (Lipinski definition) is 3. The summed E-state index contributed by atoms with van der Waals surface area (Å²) in [4.78, 5) is 2.36. The van der Waals surface area contributed by atoms with Gasteiger partial charge in [0.05, 0.1) is 17.5 Å². The molecule has 0 unspecified atom stereocenters. The Kier molecular flexibility index (Phi) is 4.50. The predicted molar refractivity (Wildman–Crippen MR) is 88.0 cm³/mol. The molecule has 2 heterocycles. The quantitative estimate of drug-likeness (QED) is 0.866. The first kappa shape index (κ1) is 16.1. The Morgan fingerprint density at radius 1 is 1.43 bits per heavy atom.